The van der Waals surface area contributed by atoms with Crippen molar-refractivity contribution in [2.45, 2.75) is 32.4 Å². The number of nitrogens with one attached hydrogen (secondary N) is 1. The zero-order valence-electron chi connectivity index (χ0n) is 11.3. The second kappa shape index (κ2) is 5.56. The molecular weight excluding hydrogens is 217 g/mol. The van der Waals surface area contributed by atoms with Crippen molar-refractivity contribution >= 4 is 0 Å². The standard InChI is InChI=1S/C13H22FN3/c1-6-16-12(13(2,3)17(4)5)10-7-11(14)9-15-8-10/h7-9,12,16H,6H2,1-5H3. The molecule has 0 aliphatic carbocycles. The molecule has 1 aromatic rings. The summed E-state index contributed by atoms with van der Waals surface area (Å²) in [5.74, 6) is -0.292. The summed E-state index contributed by atoms with van der Waals surface area (Å²) in [5.41, 5.74) is 0.761. The Balaban J connectivity index is 3.09. The van der Waals surface area contributed by atoms with E-state index in [-0.39, 0.29) is 17.4 Å². The SMILES string of the molecule is CCNC(c1cncc(F)c1)C(C)(C)N(C)C. The van der Waals surface area contributed by atoms with Gasteiger partial charge in [-0.1, -0.05) is 6.92 Å². The van der Waals surface area contributed by atoms with Crippen LogP contribution in [-0.2, 0) is 0 Å². The molecule has 1 unspecified atom stereocenters. The number of pyridine rings is 1. The van der Waals surface area contributed by atoms with E-state index in [9.17, 15) is 4.39 Å². The van der Waals surface area contributed by atoms with Crippen LogP contribution in [-0.4, -0.2) is 36.1 Å². The minimum atomic E-state index is -0.292. The molecule has 1 N–H and O–H groups in total. The molecule has 0 spiro atoms. The summed E-state index contributed by atoms with van der Waals surface area (Å²) in [7, 11) is 4.05. The van der Waals surface area contributed by atoms with Crippen molar-refractivity contribution in [1.29, 1.82) is 0 Å². The lowest BCUT2D eigenvalue weighted by atomic mass is 9.88. The van der Waals surface area contributed by atoms with Crippen LogP contribution in [0.3, 0.4) is 0 Å². The number of likely N-dealkylation sites (N-methyl/N-ethyl adjacent to an activating group) is 2. The number of hydrogen-bond acceptors (Lipinski definition) is 3. The molecule has 1 aromatic heterocycles. The Kier molecular flexibility index (Phi) is 4.60. The number of halogens is 1. The summed E-state index contributed by atoms with van der Waals surface area (Å²) < 4.78 is 13.3. The van der Waals surface area contributed by atoms with Crippen LogP contribution in [0.5, 0.6) is 0 Å². The molecule has 1 heterocycles. The number of nitrogens with zero attached hydrogens (tertiary/aromatic N) is 2. The van der Waals surface area contributed by atoms with Crippen LogP contribution in [0.2, 0.25) is 0 Å². The summed E-state index contributed by atoms with van der Waals surface area (Å²) in [6, 6.07) is 1.59. The van der Waals surface area contributed by atoms with Gasteiger partial charge in [-0.15, -0.1) is 0 Å². The van der Waals surface area contributed by atoms with Crippen molar-refractivity contribution in [3.8, 4) is 0 Å². The highest BCUT2D eigenvalue weighted by Gasteiger charge is 2.32. The molecule has 4 heteroatoms. The van der Waals surface area contributed by atoms with Crippen LogP contribution in [0, 0.1) is 5.82 Å². The Bertz CT molecular complexity index is 363. The molecule has 0 fully saturated rings. The van der Waals surface area contributed by atoms with Crippen LogP contribution in [0.4, 0.5) is 4.39 Å². The number of rotatable bonds is 5. The molecule has 0 aliphatic heterocycles. The molecule has 0 bridgehead atoms. The Labute approximate surface area is 103 Å². The Morgan fingerprint density at radius 1 is 1.41 bits per heavy atom. The van der Waals surface area contributed by atoms with Gasteiger partial charge in [0.2, 0.25) is 0 Å². The van der Waals surface area contributed by atoms with Crippen LogP contribution >= 0.6 is 0 Å². The maximum atomic E-state index is 13.3. The molecule has 0 saturated carbocycles. The summed E-state index contributed by atoms with van der Waals surface area (Å²) in [4.78, 5) is 6.06. The van der Waals surface area contributed by atoms with Crippen molar-refractivity contribution in [2.24, 2.45) is 0 Å². The van der Waals surface area contributed by atoms with Gasteiger partial charge in [0.25, 0.3) is 0 Å². The highest BCUT2D eigenvalue weighted by molar-refractivity contribution is 5.19. The second-order valence-corrected chi connectivity index (χ2v) is 4.98. The van der Waals surface area contributed by atoms with E-state index in [0.717, 1.165) is 12.1 Å². The second-order valence-electron chi connectivity index (χ2n) is 4.98. The van der Waals surface area contributed by atoms with E-state index >= 15 is 0 Å². The molecule has 3 nitrogen and oxygen atoms in total. The van der Waals surface area contributed by atoms with Gasteiger partial charge in [-0.05, 0) is 46.1 Å². The van der Waals surface area contributed by atoms with Crippen LogP contribution in [0.1, 0.15) is 32.4 Å². The summed E-state index contributed by atoms with van der Waals surface area (Å²) in [6.07, 6.45) is 2.96. The Hall–Kier alpha value is -1.00. The van der Waals surface area contributed by atoms with Gasteiger partial charge in [-0.3, -0.25) is 4.98 Å². The first-order chi connectivity index (χ1) is 7.89. The summed E-state index contributed by atoms with van der Waals surface area (Å²) in [6.45, 7) is 7.14. The molecule has 17 heavy (non-hydrogen) atoms. The third kappa shape index (κ3) is 3.23. The molecule has 0 radical (unpaired) electrons. The van der Waals surface area contributed by atoms with Gasteiger partial charge < -0.3 is 10.2 Å². The van der Waals surface area contributed by atoms with Crippen molar-refractivity contribution < 1.29 is 4.39 Å². The minimum Gasteiger partial charge on any atom is -0.309 e. The van der Waals surface area contributed by atoms with Crippen molar-refractivity contribution in [2.75, 3.05) is 20.6 Å². The molecule has 0 aliphatic rings. The van der Waals surface area contributed by atoms with E-state index in [0.29, 0.717) is 0 Å². The quantitative estimate of drug-likeness (QED) is 0.854. The molecule has 1 rings (SSSR count). The van der Waals surface area contributed by atoms with Gasteiger partial charge in [0, 0.05) is 11.7 Å². The smallest absolute Gasteiger partial charge is 0.141 e. The van der Waals surface area contributed by atoms with Gasteiger partial charge >= 0.3 is 0 Å². The van der Waals surface area contributed by atoms with Gasteiger partial charge in [0.1, 0.15) is 5.82 Å². The van der Waals surface area contributed by atoms with Gasteiger partial charge in [0.05, 0.1) is 12.2 Å². The van der Waals surface area contributed by atoms with Crippen molar-refractivity contribution in [1.82, 2.24) is 15.2 Å². The Morgan fingerprint density at radius 2 is 2.06 bits per heavy atom. The number of aromatic nitrogens is 1. The zero-order valence-corrected chi connectivity index (χ0v) is 11.3. The lowest BCUT2D eigenvalue weighted by molar-refractivity contribution is 0.138. The zero-order chi connectivity index (χ0) is 13.1. The lowest BCUT2D eigenvalue weighted by Gasteiger charge is -2.40. The molecule has 0 aromatic carbocycles. The Morgan fingerprint density at radius 3 is 2.53 bits per heavy atom. The average molecular weight is 239 g/mol. The van der Waals surface area contributed by atoms with Crippen LogP contribution < -0.4 is 5.32 Å². The first-order valence-corrected chi connectivity index (χ1v) is 5.90. The maximum Gasteiger partial charge on any atom is 0.141 e. The molecule has 0 saturated heterocycles. The highest BCUT2D eigenvalue weighted by Crippen LogP contribution is 2.29. The van der Waals surface area contributed by atoms with E-state index in [4.69, 9.17) is 0 Å². The topological polar surface area (TPSA) is 28.2 Å². The van der Waals surface area contributed by atoms with E-state index in [2.05, 4.69) is 29.0 Å². The third-order valence-electron chi connectivity index (χ3n) is 3.33. The average Bonchev–Trinajstić information content (AvgIpc) is 2.25. The monoisotopic (exact) mass is 239 g/mol. The molecule has 0 amide bonds. The van der Waals surface area contributed by atoms with Crippen molar-refractivity contribution in [3.05, 3.63) is 29.8 Å². The minimum absolute atomic E-state index is 0.0469. The van der Waals surface area contributed by atoms with Crippen molar-refractivity contribution in [3.63, 3.8) is 0 Å². The number of hydrogen-bond donors (Lipinski definition) is 1. The highest BCUT2D eigenvalue weighted by atomic mass is 19.1. The largest absolute Gasteiger partial charge is 0.309 e. The predicted molar refractivity (Wildman–Crippen MR) is 68.4 cm³/mol. The fourth-order valence-electron chi connectivity index (χ4n) is 1.82. The summed E-state index contributed by atoms with van der Waals surface area (Å²) in [5, 5.41) is 3.40. The van der Waals surface area contributed by atoms with Gasteiger partial charge in [-0.25, -0.2) is 4.39 Å². The normalized spacial score (nSPS) is 14.1. The van der Waals surface area contributed by atoms with E-state index in [1.807, 2.05) is 21.0 Å². The van der Waals surface area contributed by atoms with E-state index in [1.165, 1.54) is 6.20 Å². The first kappa shape index (κ1) is 14.1. The maximum absolute atomic E-state index is 13.3. The third-order valence-corrected chi connectivity index (χ3v) is 3.33. The van der Waals surface area contributed by atoms with Crippen LogP contribution in [0.25, 0.3) is 0 Å². The molecule has 1 atom stereocenters. The van der Waals surface area contributed by atoms with E-state index in [1.54, 1.807) is 12.3 Å². The fraction of sp³-hybridized carbons (Fsp3) is 0.615. The lowest BCUT2D eigenvalue weighted by Crippen LogP contribution is -2.49. The summed E-state index contributed by atoms with van der Waals surface area (Å²) >= 11 is 0. The predicted octanol–water partition coefficient (Wildman–Crippen LogP) is 2.21. The van der Waals surface area contributed by atoms with Crippen LogP contribution in [0.15, 0.2) is 18.5 Å². The van der Waals surface area contributed by atoms with Gasteiger partial charge in [-0.2, -0.15) is 0 Å². The molecular formula is C13H22FN3. The van der Waals surface area contributed by atoms with E-state index < -0.39 is 0 Å². The fourth-order valence-corrected chi connectivity index (χ4v) is 1.82. The molecule has 96 valence electrons. The van der Waals surface area contributed by atoms with Gasteiger partial charge in [0.15, 0.2) is 0 Å². The first-order valence-electron chi connectivity index (χ1n) is 5.90.